The average Bonchev–Trinajstić information content (AvgIpc) is 0.898. The van der Waals surface area contributed by atoms with Gasteiger partial charge in [-0.15, -0.1) is 23.2 Å². The van der Waals surface area contributed by atoms with E-state index in [2.05, 4.69) is 22.8 Å². The number of nitrogens with one attached hydrogen (secondary N) is 2. The van der Waals surface area contributed by atoms with Gasteiger partial charge in [0.2, 0.25) is 70.9 Å². The minimum atomic E-state index is -1.53. The number of hydrogen-bond donors (Lipinski definition) is 2. The summed E-state index contributed by atoms with van der Waals surface area (Å²) in [5.41, 5.74) is -2.00. The number of fused-ring (bicyclic) bond motifs is 22. The second kappa shape index (κ2) is 36.5. The number of carbonyl (C=O) groups is 12. The molecule has 0 aromatic carbocycles. The SMILES string of the molecule is CCO[C@@H]1C[C@H]2C(=O)N(C)C3(CC(C)(C)C3)C(=O)N(C)[C@@H](C3CCCC3)C(=O)N(C)[C@H](C(=O)N(C)C)CC(=O)N(C)[C@H]3CCC/C=C/C4CCC(CC4)C[C@@H](C(=O)N(C)CC(=O)N[C@@H](CCC4CCC(Cl)C(Cl)C4)C(=O)N2C1)N1CC/C=C\C[C@@H](C1=O)N(C)C(=O)CN(C)C(=O)[C@H]([C@@H](C)CC)NC3=O. The molecule has 10 rings (SSSR count). The number of nitrogens with zero attached hydrogens (tertiary/aromatic N) is 10. The van der Waals surface area contributed by atoms with Crippen LogP contribution >= 0.6 is 23.2 Å². The lowest BCUT2D eigenvalue weighted by Crippen LogP contribution is -2.71. The van der Waals surface area contributed by atoms with E-state index in [1.54, 1.807) is 25.9 Å². The smallest absolute Gasteiger partial charge is 0.249 e. The van der Waals surface area contributed by atoms with Crippen molar-refractivity contribution in [2.45, 2.75) is 259 Å². The fraction of sp³-hybridized carbons (Fsp3) is 0.792. The lowest BCUT2D eigenvalue weighted by molar-refractivity contribution is -0.174. The summed E-state index contributed by atoms with van der Waals surface area (Å²) in [5.74, 6) is -7.57. The van der Waals surface area contributed by atoms with Gasteiger partial charge in [-0.1, -0.05) is 71.3 Å². The van der Waals surface area contributed by atoms with Gasteiger partial charge in [-0.05, 0) is 164 Å². The van der Waals surface area contributed by atoms with Crippen LogP contribution < -0.4 is 10.6 Å². The molecule has 582 valence electrons. The number of likely N-dealkylation sites (N-methyl/N-ethyl adjacent to an activating group) is 8. The van der Waals surface area contributed by atoms with Crippen LogP contribution in [0.5, 0.6) is 0 Å². The van der Waals surface area contributed by atoms with Crippen LogP contribution in [0.2, 0.25) is 0 Å². The fourth-order valence-corrected chi connectivity index (χ4v) is 18.6. The third-order valence-electron chi connectivity index (χ3n) is 24.5. The Morgan fingerprint density at radius 1 is 0.625 bits per heavy atom. The van der Waals surface area contributed by atoms with E-state index in [0.29, 0.717) is 70.6 Å². The Morgan fingerprint density at radius 2 is 1.28 bits per heavy atom. The van der Waals surface area contributed by atoms with Crippen molar-refractivity contribution >= 4 is 94.1 Å². The van der Waals surface area contributed by atoms with Gasteiger partial charge in [0.25, 0.3) is 0 Å². The molecule has 13 atom stereocenters. The molecular formula is C77H122Cl2N12O13. The highest BCUT2D eigenvalue weighted by Gasteiger charge is 2.62. The Morgan fingerprint density at radius 3 is 1.91 bits per heavy atom. The van der Waals surface area contributed by atoms with Gasteiger partial charge >= 0.3 is 0 Å². The second-order valence-electron chi connectivity index (χ2n) is 32.7. The molecule has 10 aliphatic rings. The maximum absolute atomic E-state index is 16.1. The van der Waals surface area contributed by atoms with Crippen molar-refractivity contribution in [3.05, 3.63) is 24.3 Å². The minimum Gasteiger partial charge on any atom is -0.377 e. The second-order valence-corrected chi connectivity index (χ2v) is 33.8. The van der Waals surface area contributed by atoms with Crippen molar-refractivity contribution in [1.29, 1.82) is 0 Å². The average molecular weight is 1490 g/mol. The highest BCUT2D eigenvalue weighted by molar-refractivity contribution is 6.30. The molecule has 3 unspecified atom stereocenters. The number of amides is 12. The monoisotopic (exact) mass is 1490 g/mol. The number of alkyl halides is 2. The summed E-state index contributed by atoms with van der Waals surface area (Å²) in [5, 5.41) is 5.47. The molecule has 4 aliphatic carbocycles. The zero-order valence-corrected chi connectivity index (χ0v) is 66.1. The van der Waals surface area contributed by atoms with Gasteiger partial charge in [0.1, 0.15) is 53.9 Å². The van der Waals surface area contributed by atoms with E-state index in [4.69, 9.17) is 27.9 Å². The number of hydrogen-bond acceptors (Lipinski definition) is 13. The highest BCUT2D eigenvalue weighted by atomic mass is 35.5. The zero-order valence-electron chi connectivity index (χ0n) is 64.6. The first-order chi connectivity index (χ1) is 49.1. The van der Waals surface area contributed by atoms with E-state index >= 15 is 43.2 Å². The summed E-state index contributed by atoms with van der Waals surface area (Å²) < 4.78 is 6.22. The van der Waals surface area contributed by atoms with Crippen LogP contribution in [0, 0.1) is 35.0 Å². The Hall–Kier alpha value is -6.34. The zero-order chi connectivity index (χ0) is 76.4. The van der Waals surface area contributed by atoms with Gasteiger partial charge in [0.05, 0.1) is 31.0 Å². The maximum atomic E-state index is 16.1. The molecule has 5 fully saturated rings. The lowest BCUT2D eigenvalue weighted by Gasteiger charge is -2.58. The van der Waals surface area contributed by atoms with Crippen molar-refractivity contribution in [3.63, 3.8) is 0 Å². The number of halogens is 2. The molecule has 27 heteroatoms. The van der Waals surface area contributed by atoms with Crippen molar-refractivity contribution in [2.24, 2.45) is 35.0 Å². The summed E-state index contributed by atoms with van der Waals surface area (Å²) in [7, 11) is 13.6. The lowest BCUT2D eigenvalue weighted by atomic mass is 9.57. The molecule has 2 N–H and O–H groups in total. The molecule has 0 radical (unpaired) electrons. The van der Waals surface area contributed by atoms with E-state index < -0.39 is 162 Å². The molecule has 0 aromatic heterocycles. The number of allylic oxidation sites excluding steroid dienone is 2. The molecule has 6 bridgehead atoms. The number of rotatable bonds is 9. The predicted octanol–water partition coefficient (Wildman–Crippen LogP) is 6.21. The fourth-order valence-electron chi connectivity index (χ4n) is 18.0. The van der Waals surface area contributed by atoms with Gasteiger partial charge < -0.3 is 64.4 Å². The molecular weight excluding hydrogens is 1370 g/mol. The van der Waals surface area contributed by atoms with Crippen molar-refractivity contribution in [2.75, 3.05) is 96.2 Å². The standard InChI is InChI=1S/C77H122Cl2N12O13/c1-15-48(3)65-73(101)84(9)45-64(94)86(11)58-29-21-18-24-38-90(72(58)100)60-40-51-32-30-49(31-33-51)25-19-17-20-28-57(67(95)81-65)85(10)63(93)42-59(69(97)82(6)7)87(12)74(102)66(52-26-22-23-27-52)88(13)75(103)77(46-76(4,5)47-77)89(14)71(99)61-41-53(104-16-2)43-91(61)68(96)56(80-62(92)44-83(8)70(60)98)37-35-50-34-36-54(78)55(79)39-50/h18-19,21,25,48-61,65-66H,15-17,20,22-24,26-47H2,1-14H3,(H,80,92)(H,81,95)/b21-18-,25-19+/t48-,49?,50?,51?,53+,54?,55?,56-,57-,58-,59-,60-,61-,65-,66-/m0/s1. The third-order valence-corrected chi connectivity index (χ3v) is 25.6. The Labute approximate surface area is 627 Å². The van der Waals surface area contributed by atoms with Crippen LogP contribution in [0.25, 0.3) is 0 Å². The van der Waals surface area contributed by atoms with Crippen LogP contribution in [-0.4, -0.2) is 287 Å². The van der Waals surface area contributed by atoms with E-state index in [1.165, 1.54) is 93.4 Å². The summed E-state index contributed by atoms with van der Waals surface area (Å²) in [6, 6.07) is -9.56. The number of carbonyl (C=O) groups excluding carboxylic acids is 12. The first-order valence-corrected chi connectivity index (χ1v) is 39.5. The molecule has 25 nitrogen and oxygen atoms in total. The number of ether oxygens (including phenoxy) is 1. The topological polar surface area (TPSA) is 271 Å². The van der Waals surface area contributed by atoms with Crippen molar-refractivity contribution in [3.8, 4) is 0 Å². The third kappa shape index (κ3) is 19.5. The van der Waals surface area contributed by atoms with Crippen molar-refractivity contribution in [1.82, 2.24) is 59.6 Å². The van der Waals surface area contributed by atoms with E-state index in [0.717, 1.165) is 32.1 Å². The van der Waals surface area contributed by atoms with Crippen LogP contribution in [0.4, 0.5) is 0 Å². The van der Waals surface area contributed by atoms with E-state index in [-0.39, 0.29) is 99.1 Å². The van der Waals surface area contributed by atoms with Gasteiger partial charge in [0.15, 0.2) is 0 Å². The van der Waals surface area contributed by atoms with Crippen LogP contribution in [0.15, 0.2) is 24.3 Å². The highest BCUT2D eigenvalue weighted by Crippen LogP contribution is 2.53. The molecule has 4 saturated carbocycles. The van der Waals surface area contributed by atoms with Gasteiger partial charge in [-0.25, -0.2) is 0 Å². The van der Waals surface area contributed by atoms with Gasteiger partial charge in [-0.3, -0.25) is 57.5 Å². The van der Waals surface area contributed by atoms with E-state index in [9.17, 15) is 14.4 Å². The molecule has 104 heavy (non-hydrogen) atoms. The van der Waals surface area contributed by atoms with Crippen LogP contribution in [-0.2, 0) is 62.3 Å². The Kier molecular flexibility index (Phi) is 29.2. The predicted molar refractivity (Wildman–Crippen MR) is 397 cm³/mol. The summed E-state index contributed by atoms with van der Waals surface area (Å²) in [6.07, 6.45) is 17.7. The summed E-state index contributed by atoms with van der Waals surface area (Å²) in [4.78, 5) is 198. The molecule has 1 spiro atoms. The van der Waals surface area contributed by atoms with Crippen molar-refractivity contribution < 1.29 is 62.3 Å². The Balaban J connectivity index is 1.26. The van der Waals surface area contributed by atoms with Crippen LogP contribution in [0.1, 0.15) is 189 Å². The first kappa shape index (κ1) is 83.3. The molecule has 6 aliphatic heterocycles. The van der Waals surface area contributed by atoms with E-state index in [1.807, 2.05) is 39.8 Å². The quantitative estimate of drug-likeness (QED) is 0.148. The summed E-state index contributed by atoms with van der Waals surface area (Å²) >= 11 is 13.4. The summed E-state index contributed by atoms with van der Waals surface area (Å²) in [6.45, 7) is 8.83. The van der Waals surface area contributed by atoms with Gasteiger partial charge in [0, 0.05) is 94.9 Å². The maximum Gasteiger partial charge on any atom is 0.249 e. The minimum absolute atomic E-state index is 0.0209. The van der Waals surface area contributed by atoms with Gasteiger partial charge in [-0.2, -0.15) is 0 Å². The molecule has 6 heterocycles. The molecule has 0 aromatic rings. The normalized spacial score (nSPS) is 33.3. The Bertz CT molecular complexity index is 3170. The molecule has 1 saturated heterocycles. The first-order valence-electron chi connectivity index (χ1n) is 38.6. The van der Waals surface area contributed by atoms with Crippen LogP contribution in [0.3, 0.4) is 0 Å². The largest absolute Gasteiger partial charge is 0.377 e. The molecule has 12 amide bonds.